The normalized spacial score (nSPS) is 17.0. The molecule has 0 aromatic heterocycles. The average molecular weight is 181 g/mol. The second-order valence-corrected chi connectivity index (χ2v) is 3.42. The van der Waals surface area contributed by atoms with Crippen molar-refractivity contribution in [2.24, 2.45) is 0 Å². The Bertz CT molecular complexity index is 310. The van der Waals surface area contributed by atoms with Gasteiger partial charge in [-0.3, -0.25) is 4.90 Å². The quantitative estimate of drug-likeness (QED) is 0.751. The van der Waals surface area contributed by atoms with Crippen LogP contribution >= 0.6 is 0 Å². The standard InChI is InChI=1S/C10H12FNO/c11-9-3-2-8(6-10(9)13)7-12-4-1-5-12/h2-3,6,13H,1,4-5,7H2. The SMILES string of the molecule is Oc1cc(CN2CCC2)ccc1F. The van der Waals surface area contributed by atoms with Gasteiger partial charge in [-0.05, 0) is 37.2 Å². The molecule has 2 rings (SSSR count). The molecule has 13 heavy (non-hydrogen) atoms. The van der Waals surface area contributed by atoms with Crippen LogP contribution in [0.5, 0.6) is 5.75 Å². The topological polar surface area (TPSA) is 23.5 Å². The summed E-state index contributed by atoms with van der Waals surface area (Å²) in [6.07, 6.45) is 1.24. The summed E-state index contributed by atoms with van der Waals surface area (Å²) in [4.78, 5) is 2.26. The molecule has 0 bridgehead atoms. The summed E-state index contributed by atoms with van der Waals surface area (Å²) in [5, 5.41) is 9.11. The van der Waals surface area contributed by atoms with E-state index < -0.39 is 5.82 Å². The Morgan fingerprint density at radius 2 is 2.15 bits per heavy atom. The zero-order valence-corrected chi connectivity index (χ0v) is 7.33. The molecule has 3 heteroatoms. The van der Waals surface area contributed by atoms with E-state index in [-0.39, 0.29) is 5.75 Å². The van der Waals surface area contributed by atoms with Gasteiger partial charge >= 0.3 is 0 Å². The van der Waals surface area contributed by atoms with Gasteiger partial charge in [0.2, 0.25) is 0 Å². The van der Waals surface area contributed by atoms with Crippen molar-refractivity contribution >= 4 is 0 Å². The number of benzene rings is 1. The van der Waals surface area contributed by atoms with E-state index in [0.29, 0.717) is 0 Å². The van der Waals surface area contributed by atoms with Crippen LogP contribution in [0.15, 0.2) is 18.2 Å². The minimum atomic E-state index is -0.549. The molecule has 0 atom stereocenters. The predicted octanol–water partition coefficient (Wildman–Crippen LogP) is 1.74. The van der Waals surface area contributed by atoms with Crippen LogP contribution in [0.2, 0.25) is 0 Å². The first kappa shape index (κ1) is 8.51. The van der Waals surface area contributed by atoms with Crippen molar-refractivity contribution in [3.8, 4) is 5.75 Å². The Kier molecular flexibility index (Phi) is 2.19. The highest BCUT2D eigenvalue weighted by Crippen LogP contribution is 2.19. The number of halogens is 1. The van der Waals surface area contributed by atoms with Gasteiger partial charge in [-0.1, -0.05) is 6.07 Å². The van der Waals surface area contributed by atoms with Gasteiger partial charge in [0, 0.05) is 6.54 Å². The first-order chi connectivity index (χ1) is 6.25. The second-order valence-electron chi connectivity index (χ2n) is 3.42. The van der Waals surface area contributed by atoms with Crippen molar-refractivity contribution in [1.82, 2.24) is 4.90 Å². The minimum Gasteiger partial charge on any atom is -0.505 e. The van der Waals surface area contributed by atoms with Crippen molar-refractivity contribution in [3.05, 3.63) is 29.6 Å². The Morgan fingerprint density at radius 3 is 2.69 bits per heavy atom. The lowest BCUT2D eigenvalue weighted by molar-refractivity contribution is 0.172. The van der Waals surface area contributed by atoms with E-state index in [1.165, 1.54) is 18.6 Å². The Balaban J connectivity index is 2.07. The van der Waals surface area contributed by atoms with Crippen LogP contribution in [0.25, 0.3) is 0 Å². The molecule has 1 fully saturated rings. The van der Waals surface area contributed by atoms with E-state index in [1.807, 2.05) is 0 Å². The van der Waals surface area contributed by atoms with Gasteiger partial charge in [0.15, 0.2) is 11.6 Å². The average Bonchev–Trinajstić information content (AvgIpc) is 2.04. The Hall–Kier alpha value is -1.09. The van der Waals surface area contributed by atoms with Crippen molar-refractivity contribution in [1.29, 1.82) is 0 Å². The summed E-state index contributed by atoms with van der Waals surface area (Å²) in [6, 6.07) is 4.52. The first-order valence-corrected chi connectivity index (χ1v) is 4.45. The molecule has 2 nitrogen and oxygen atoms in total. The van der Waals surface area contributed by atoms with E-state index in [1.54, 1.807) is 6.07 Å². The van der Waals surface area contributed by atoms with Crippen molar-refractivity contribution < 1.29 is 9.50 Å². The van der Waals surface area contributed by atoms with Crippen molar-refractivity contribution in [2.45, 2.75) is 13.0 Å². The molecule has 70 valence electrons. The number of likely N-dealkylation sites (tertiary alicyclic amines) is 1. The maximum Gasteiger partial charge on any atom is 0.164 e. The molecule has 1 aromatic rings. The number of nitrogens with zero attached hydrogens (tertiary/aromatic N) is 1. The predicted molar refractivity (Wildman–Crippen MR) is 48.0 cm³/mol. The molecule has 0 radical (unpaired) electrons. The summed E-state index contributed by atoms with van der Waals surface area (Å²) in [5.74, 6) is -0.801. The lowest BCUT2D eigenvalue weighted by Gasteiger charge is -2.30. The number of aromatic hydroxyl groups is 1. The fourth-order valence-corrected chi connectivity index (χ4v) is 1.45. The van der Waals surface area contributed by atoms with Crippen molar-refractivity contribution in [3.63, 3.8) is 0 Å². The zero-order valence-electron chi connectivity index (χ0n) is 7.33. The second kappa shape index (κ2) is 3.34. The van der Waals surface area contributed by atoms with Crippen LogP contribution < -0.4 is 0 Å². The Labute approximate surface area is 76.6 Å². The van der Waals surface area contributed by atoms with Crippen LogP contribution in [0.4, 0.5) is 4.39 Å². The fourth-order valence-electron chi connectivity index (χ4n) is 1.45. The summed E-state index contributed by atoms with van der Waals surface area (Å²) in [5.41, 5.74) is 0.971. The van der Waals surface area contributed by atoms with Gasteiger partial charge in [0.25, 0.3) is 0 Å². The van der Waals surface area contributed by atoms with Crippen LogP contribution in [0.1, 0.15) is 12.0 Å². The molecule has 0 aliphatic carbocycles. The van der Waals surface area contributed by atoms with Gasteiger partial charge in [-0.25, -0.2) is 4.39 Å². The lowest BCUT2D eigenvalue weighted by atomic mass is 10.1. The maximum absolute atomic E-state index is 12.7. The maximum atomic E-state index is 12.7. The highest BCUT2D eigenvalue weighted by atomic mass is 19.1. The van der Waals surface area contributed by atoms with Crippen LogP contribution in [0.3, 0.4) is 0 Å². The van der Waals surface area contributed by atoms with Crippen LogP contribution in [-0.4, -0.2) is 23.1 Å². The van der Waals surface area contributed by atoms with E-state index in [4.69, 9.17) is 5.11 Å². The number of phenolic OH excluding ortho intramolecular Hbond substituents is 1. The molecular weight excluding hydrogens is 169 g/mol. The molecule has 1 aliphatic rings. The third kappa shape index (κ3) is 1.80. The molecule has 0 amide bonds. The van der Waals surface area contributed by atoms with Gasteiger partial charge in [-0.2, -0.15) is 0 Å². The molecule has 0 saturated carbocycles. The van der Waals surface area contributed by atoms with Gasteiger partial charge in [0.1, 0.15) is 0 Å². The molecule has 0 unspecified atom stereocenters. The van der Waals surface area contributed by atoms with Gasteiger partial charge in [0.05, 0.1) is 0 Å². The fraction of sp³-hybridized carbons (Fsp3) is 0.400. The van der Waals surface area contributed by atoms with E-state index in [9.17, 15) is 4.39 Å². The molecule has 1 aromatic carbocycles. The van der Waals surface area contributed by atoms with Crippen molar-refractivity contribution in [2.75, 3.05) is 13.1 Å². The van der Waals surface area contributed by atoms with Crippen LogP contribution in [-0.2, 0) is 6.54 Å². The number of phenols is 1. The zero-order chi connectivity index (χ0) is 9.26. The van der Waals surface area contributed by atoms with Gasteiger partial charge in [-0.15, -0.1) is 0 Å². The van der Waals surface area contributed by atoms with E-state index >= 15 is 0 Å². The van der Waals surface area contributed by atoms with E-state index in [2.05, 4.69) is 4.90 Å². The highest BCUT2D eigenvalue weighted by molar-refractivity contribution is 5.28. The summed E-state index contributed by atoms with van der Waals surface area (Å²) in [6.45, 7) is 3.03. The summed E-state index contributed by atoms with van der Waals surface area (Å²) < 4.78 is 12.7. The Morgan fingerprint density at radius 1 is 1.38 bits per heavy atom. The highest BCUT2D eigenvalue weighted by Gasteiger charge is 2.14. The van der Waals surface area contributed by atoms with Gasteiger partial charge < -0.3 is 5.11 Å². The third-order valence-corrected chi connectivity index (χ3v) is 2.37. The molecule has 1 saturated heterocycles. The number of hydrogen-bond acceptors (Lipinski definition) is 2. The number of hydrogen-bond donors (Lipinski definition) is 1. The molecular formula is C10H12FNO. The van der Waals surface area contributed by atoms with E-state index in [0.717, 1.165) is 25.2 Å². The lowest BCUT2D eigenvalue weighted by Crippen LogP contribution is -2.36. The molecule has 0 spiro atoms. The largest absolute Gasteiger partial charge is 0.505 e. The monoisotopic (exact) mass is 181 g/mol. The minimum absolute atomic E-state index is 0.252. The molecule has 1 N–H and O–H groups in total. The summed E-state index contributed by atoms with van der Waals surface area (Å²) in [7, 11) is 0. The molecule has 1 heterocycles. The first-order valence-electron chi connectivity index (χ1n) is 4.45. The summed E-state index contributed by atoms with van der Waals surface area (Å²) >= 11 is 0. The third-order valence-electron chi connectivity index (χ3n) is 2.37. The number of rotatable bonds is 2. The smallest absolute Gasteiger partial charge is 0.164 e. The molecule has 1 aliphatic heterocycles. The van der Waals surface area contributed by atoms with Crippen LogP contribution in [0, 0.1) is 5.82 Å².